The van der Waals surface area contributed by atoms with Gasteiger partial charge in [-0.3, -0.25) is 19.2 Å². The maximum Gasteiger partial charge on any atom is 0.264 e. The lowest BCUT2D eigenvalue weighted by molar-refractivity contribution is -0.146. The first-order valence-corrected chi connectivity index (χ1v) is 21.8. The van der Waals surface area contributed by atoms with E-state index in [0.717, 1.165) is 54.1 Å². The summed E-state index contributed by atoms with van der Waals surface area (Å²) in [5.74, 6) is -0.257. The van der Waals surface area contributed by atoms with Crippen LogP contribution in [0.1, 0.15) is 43.0 Å². The zero-order valence-corrected chi connectivity index (χ0v) is 31.7. The number of piperidine rings is 1. The number of para-hydroxylation sites is 2. The van der Waals surface area contributed by atoms with Crippen molar-refractivity contribution in [1.82, 2.24) is 20.3 Å². The fourth-order valence-electron chi connectivity index (χ4n) is 9.53. The zero-order chi connectivity index (χ0) is 37.0. The van der Waals surface area contributed by atoms with Crippen LogP contribution < -0.4 is 20.0 Å². The van der Waals surface area contributed by atoms with Crippen LogP contribution in [0.3, 0.4) is 0 Å². The predicted octanol–water partition coefficient (Wildman–Crippen LogP) is 4.18. The van der Waals surface area contributed by atoms with Gasteiger partial charge in [-0.1, -0.05) is 60.7 Å². The third-order valence-electron chi connectivity index (χ3n) is 12.0. The molecular formula is C40H49N7O5Si. The Morgan fingerprint density at radius 1 is 0.943 bits per heavy atom. The van der Waals surface area contributed by atoms with Gasteiger partial charge in [0.15, 0.2) is 13.9 Å². The van der Waals surface area contributed by atoms with Crippen LogP contribution in [0, 0.1) is 5.92 Å². The number of aliphatic hydroxyl groups is 1. The number of hydrogen-bond donors (Lipinski definition) is 3. The summed E-state index contributed by atoms with van der Waals surface area (Å²) in [5.41, 5.74) is 3.19. The van der Waals surface area contributed by atoms with Crippen LogP contribution in [0.15, 0.2) is 85.1 Å². The summed E-state index contributed by atoms with van der Waals surface area (Å²) in [7, 11) is -2.82. The second-order valence-electron chi connectivity index (χ2n) is 15.6. The first kappa shape index (κ1) is 35.6. The van der Waals surface area contributed by atoms with E-state index in [0.29, 0.717) is 38.3 Å². The van der Waals surface area contributed by atoms with Crippen molar-refractivity contribution in [2.75, 3.05) is 41.1 Å². The summed E-state index contributed by atoms with van der Waals surface area (Å²) in [6.07, 6.45) is 3.95. The molecule has 12 nitrogen and oxygen atoms in total. The number of ether oxygens (including phenoxy) is 1. The molecule has 4 aromatic rings. The molecule has 278 valence electrons. The summed E-state index contributed by atoms with van der Waals surface area (Å²) >= 11 is 0. The Kier molecular flexibility index (Phi) is 9.26. The Morgan fingerprint density at radius 2 is 1.66 bits per heavy atom. The van der Waals surface area contributed by atoms with E-state index in [2.05, 4.69) is 39.6 Å². The highest BCUT2D eigenvalue weighted by Crippen LogP contribution is 2.59. The van der Waals surface area contributed by atoms with Crippen molar-refractivity contribution in [3.8, 4) is 0 Å². The molecule has 0 unspecified atom stereocenters. The number of anilines is 3. The maximum atomic E-state index is 14.9. The second-order valence-corrected chi connectivity index (χ2v) is 19.6. The van der Waals surface area contributed by atoms with E-state index < -0.39 is 19.5 Å². The average Bonchev–Trinajstić information content (AvgIpc) is 3.88. The number of nitrogens with zero attached hydrogens (tertiary/aromatic N) is 6. The quantitative estimate of drug-likeness (QED) is 0.205. The van der Waals surface area contributed by atoms with Crippen LogP contribution >= 0.6 is 0 Å². The van der Waals surface area contributed by atoms with Crippen LogP contribution in [0.5, 0.6) is 0 Å². The number of aryl methyl sites for hydroxylation is 1. The van der Waals surface area contributed by atoms with Gasteiger partial charge in [-0.05, 0) is 81.3 Å². The molecule has 1 aromatic heterocycles. The molecule has 3 N–H and O–H groups in total. The Balaban J connectivity index is 1.04. The number of aliphatic hydroxyl groups excluding tert-OH is 1. The highest BCUT2D eigenvalue weighted by molar-refractivity contribution is 6.71. The molecule has 3 fully saturated rings. The first-order chi connectivity index (χ1) is 25.6. The number of hydrogen-bond acceptors (Lipinski definition) is 9. The Hall–Kier alpha value is -4.40. The number of carbonyl (C=O) groups is 2. The number of nitrogens with one attached hydrogen (secondary N) is 1. The van der Waals surface area contributed by atoms with Gasteiger partial charge in [-0.15, -0.1) is 5.10 Å². The summed E-state index contributed by atoms with van der Waals surface area (Å²) in [6.45, 7) is 8.84. The van der Waals surface area contributed by atoms with Crippen LogP contribution in [0.4, 0.5) is 17.1 Å². The second kappa shape index (κ2) is 13.8. The van der Waals surface area contributed by atoms with Crippen molar-refractivity contribution in [3.63, 3.8) is 0 Å². The van der Waals surface area contributed by atoms with E-state index in [1.165, 1.54) is 0 Å². The molecule has 4 aliphatic heterocycles. The lowest BCUT2D eigenvalue weighted by atomic mass is 9.82. The van der Waals surface area contributed by atoms with Gasteiger partial charge in [0.25, 0.3) is 11.8 Å². The maximum absolute atomic E-state index is 14.9. The number of benzene rings is 3. The van der Waals surface area contributed by atoms with Gasteiger partial charge in [0, 0.05) is 54.2 Å². The first-order valence-electron chi connectivity index (χ1n) is 18.8. The molecule has 8 rings (SSSR count). The molecule has 0 aliphatic carbocycles. The molecule has 4 atom stereocenters. The molecule has 2 spiro atoms. The largest absolute Gasteiger partial charge is 0.432 e. The summed E-state index contributed by atoms with van der Waals surface area (Å²) in [5, 5.41) is 21.1. The van der Waals surface area contributed by atoms with Crippen molar-refractivity contribution < 1.29 is 24.2 Å². The Morgan fingerprint density at radius 3 is 2.38 bits per heavy atom. The van der Waals surface area contributed by atoms with Crippen molar-refractivity contribution in [2.24, 2.45) is 5.92 Å². The zero-order valence-electron chi connectivity index (χ0n) is 30.7. The molecule has 5 heterocycles. The Labute approximate surface area is 311 Å². The van der Waals surface area contributed by atoms with Gasteiger partial charge in [-0.25, -0.2) is 0 Å². The molecular weight excluding hydrogens is 687 g/mol. The van der Waals surface area contributed by atoms with Crippen molar-refractivity contribution in [3.05, 3.63) is 102 Å². The minimum Gasteiger partial charge on any atom is -0.432 e. The number of aromatic nitrogens is 3. The van der Waals surface area contributed by atoms with Gasteiger partial charge in [-0.2, -0.15) is 0 Å². The van der Waals surface area contributed by atoms with Gasteiger partial charge < -0.3 is 29.8 Å². The van der Waals surface area contributed by atoms with E-state index in [1.807, 2.05) is 95.8 Å². The van der Waals surface area contributed by atoms with E-state index in [1.54, 1.807) is 4.68 Å². The van der Waals surface area contributed by atoms with E-state index in [9.17, 15) is 19.5 Å². The minimum absolute atomic E-state index is 0.00332. The number of carbonyl (C=O) groups excluding carboxylic acids is 2. The normalized spacial score (nSPS) is 25.3. The highest BCUT2D eigenvalue weighted by Gasteiger charge is 2.66. The Bertz CT molecular complexity index is 1960. The molecule has 3 aromatic carbocycles. The van der Waals surface area contributed by atoms with Crippen molar-refractivity contribution >= 4 is 37.2 Å². The van der Waals surface area contributed by atoms with Crippen LogP contribution in [0.2, 0.25) is 18.6 Å². The fraction of sp³-hybridized carbons (Fsp3) is 0.450. The molecule has 13 heteroatoms. The highest BCUT2D eigenvalue weighted by atomic mass is 28.4. The SMILES string of the molecule is C[C@@H]1[C@@H]([Si](C)(C)O)[C@H](CCn2cc(CCO)nn2)O[C@@]12C(=O)N(Cc1ccc(N3CN(c4ccccc4)C4(CCNCC4)C3=O)cc1)c1ccccc12. The molecule has 0 saturated carbocycles. The van der Waals surface area contributed by atoms with Crippen molar-refractivity contribution in [1.29, 1.82) is 0 Å². The van der Waals surface area contributed by atoms with Gasteiger partial charge in [0.1, 0.15) is 5.54 Å². The van der Waals surface area contributed by atoms with Gasteiger partial charge >= 0.3 is 0 Å². The van der Waals surface area contributed by atoms with E-state index in [-0.39, 0.29) is 36.0 Å². The predicted molar refractivity (Wildman–Crippen MR) is 205 cm³/mol. The van der Waals surface area contributed by atoms with Gasteiger partial charge in [0.2, 0.25) is 0 Å². The molecule has 0 radical (unpaired) electrons. The molecule has 2 amide bonds. The number of rotatable bonds is 10. The molecule has 4 aliphatic rings. The van der Waals surface area contributed by atoms with E-state index in [4.69, 9.17) is 4.74 Å². The summed E-state index contributed by atoms with van der Waals surface area (Å²) in [4.78, 5) is 46.7. The lowest BCUT2D eigenvalue weighted by Gasteiger charge is -2.39. The van der Waals surface area contributed by atoms with Gasteiger partial charge in [0.05, 0.1) is 30.7 Å². The lowest BCUT2D eigenvalue weighted by Crippen LogP contribution is -2.55. The smallest absolute Gasteiger partial charge is 0.264 e. The number of amides is 2. The number of fused-ring (bicyclic) bond motifs is 2. The van der Waals surface area contributed by atoms with Crippen LogP contribution in [-0.2, 0) is 39.4 Å². The third-order valence-corrected chi connectivity index (χ3v) is 14.5. The average molecular weight is 736 g/mol. The van der Waals surface area contributed by atoms with Crippen LogP contribution in [-0.4, -0.2) is 83.0 Å². The summed E-state index contributed by atoms with van der Waals surface area (Å²) in [6, 6.07) is 26.1. The van der Waals surface area contributed by atoms with Crippen LogP contribution in [0.25, 0.3) is 0 Å². The topological polar surface area (TPSA) is 136 Å². The molecule has 0 bridgehead atoms. The standard InChI is InChI=1S/C40H49N7O5Si/c1-28-36(53(2,3)51)35(17-23-44-26-30(18-24-48)42-43-44)52-40(28)33-11-7-8-12-34(33)45(38(40)50)25-29-13-15-31(16-14-29)46-27-47(32-9-5-4-6-10-32)39(37(46)49)19-21-41-22-20-39/h4-16,26,28,35-36,41,48,51H,17-25,27H2,1-3H3/t28-,35+,36-,40+/m1/s1. The summed E-state index contributed by atoms with van der Waals surface area (Å²) < 4.78 is 8.72. The third kappa shape index (κ3) is 5.98. The fourth-order valence-corrected chi connectivity index (χ4v) is 12.1. The van der Waals surface area contributed by atoms with E-state index >= 15 is 0 Å². The minimum atomic E-state index is -2.82. The van der Waals surface area contributed by atoms with Crippen molar-refractivity contribution in [2.45, 2.75) is 81.6 Å². The molecule has 53 heavy (non-hydrogen) atoms. The molecule has 3 saturated heterocycles. The monoisotopic (exact) mass is 735 g/mol.